The van der Waals surface area contributed by atoms with Gasteiger partial charge in [0, 0.05) is 6.08 Å². The van der Waals surface area contributed by atoms with Crippen molar-refractivity contribution in [3.63, 3.8) is 0 Å². The van der Waals surface area contributed by atoms with Gasteiger partial charge in [0.1, 0.15) is 0 Å². The first kappa shape index (κ1) is 15.7. The Morgan fingerprint density at radius 2 is 2.11 bits per heavy atom. The number of rotatable bonds is 7. The largest absolute Gasteiger partial charge is 0.490 e. The molecule has 0 fully saturated rings. The molecule has 0 saturated carbocycles. The van der Waals surface area contributed by atoms with Crippen LogP contribution in [0.1, 0.15) is 25.8 Å². The Kier molecular flexibility index (Phi) is 6.61. The van der Waals surface area contributed by atoms with Crippen molar-refractivity contribution in [1.29, 1.82) is 0 Å². The second kappa shape index (κ2) is 7.98. The molecular formula is C13H16INO4. The van der Waals surface area contributed by atoms with Crippen molar-refractivity contribution in [3.8, 4) is 11.5 Å². The number of hydrogen-bond donors (Lipinski definition) is 0. The fourth-order valence-electron chi connectivity index (χ4n) is 1.44. The highest BCUT2D eigenvalue weighted by atomic mass is 127. The summed E-state index contributed by atoms with van der Waals surface area (Å²) < 4.78 is 12.1. The van der Waals surface area contributed by atoms with E-state index in [-0.39, 0.29) is 0 Å². The molecule has 1 rings (SSSR count). The fourth-order valence-corrected chi connectivity index (χ4v) is 2.22. The lowest BCUT2D eigenvalue weighted by Crippen LogP contribution is -2.02. The molecular weight excluding hydrogens is 361 g/mol. The van der Waals surface area contributed by atoms with Gasteiger partial charge in [-0.05, 0) is 53.6 Å². The Labute approximate surface area is 125 Å². The molecule has 19 heavy (non-hydrogen) atoms. The second-order valence-electron chi connectivity index (χ2n) is 3.71. The highest BCUT2D eigenvalue weighted by Crippen LogP contribution is 2.34. The number of halogens is 1. The molecule has 0 amide bonds. The van der Waals surface area contributed by atoms with Crippen LogP contribution in [0, 0.1) is 13.7 Å². The van der Waals surface area contributed by atoms with Gasteiger partial charge in [-0.1, -0.05) is 6.92 Å². The zero-order chi connectivity index (χ0) is 14.3. The number of hydrogen-bond acceptors (Lipinski definition) is 4. The number of nitro groups is 1. The van der Waals surface area contributed by atoms with Crippen molar-refractivity contribution in [2.45, 2.75) is 20.3 Å². The van der Waals surface area contributed by atoms with E-state index < -0.39 is 4.92 Å². The topological polar surface area (TPSA) is 61.6 Å². The van der Waals surface area contributed by atoms with Crippen LogP contribution in [0.25, 0.3) is 6.08 Å². The van der Waals surface area contributed by atoms with Gasteiger partial charge in [0.25, 0.3) is 0 Å². The van der Waals surface area contributed by atoms with Gasteiger partial charge in [-0.2, -0.15) is 0 Å². The van der Waals surface area contributed by atoms with Gasteiger partial charge in [0.2, 0.25) is 6.20 Å². The van der Waals surface area contributed by atoms with E-state index in [1.165, 1.54) is 6.08 Å². The van der Waals surface area contributed by atoms with Crippen LogP contribution in [0.15, 0.2) is 18.3 Å². The summed E-state index contributed by atoms with van der Waals surface area (Å²) in [5.74, 6) is 1.31. The molecule has 1 aromatic carbocycles. The minimum atomic E-state index is -0.491. The lowest BCUT2D eigenvalue weighted by Gasteiger charge is -2.14. The summed E-state index contributed by atoms with van der Waals surface area (Å²) in [7, 11) is 0. The molecule has 5 nitrogen and oxygen atoms in total. The number of nitrogens with zero attached hydrogens (tertiary/aromatic N) is 1. The third kappa shape index (κ3) is 5.06. The molecule has 1 aromatic rings. The highest BCUT2D eigenvalue weighted by Gasteiger charge is 2.11. The van der Waals surface area contributed by atoms with E-state index in [0.29, 0.717) is 30.3 Å². The molecule has 0 aliphatic rings. The summed E-state index contributed by atoms with van der Waals surface area (Å²) in [5.41, 5.74) is 0.716. The quantitative estimate of drug-likeness (QED) is 0.413. The molecule has 0 N–H and O–H groups in total. The standard InChI is InChI=1S/C13H16INO4/c1-3-7-19-13-11(14)8-10(5-6-15(16)17)9-12(13)18-4-2/h5-6,8-9H,3-4,7H2,1-2H3/b6-5-. The predicted molar refractivity (Wildman–Crippen MR) is 82.1 cm³/mol. The van der Waals surface area contributed by atoms with Crippen LogP contribution in [0.5, 0.6) is 11.5 Å². The molecule has 6 heteroatoms. The van der Waals surface area contributed by atoms with Gasteiger partial charge in [0.15, 0.2) is 11.5 Å². The molecule has 0 aliphatic heterocycles. The van der Waals surface area contributed by atoms with Crippen molar-refractivity contribution in [2.75, 3.05) is 13.2 Å². The number of benzene rings is 1. The molecule has 0 aromatic heterocycles. The van der Waals surface area contributed by atoms with Crippen molar-refractivity contribution in [3.05, 3.63) is 37.6 Å². The Morgan fingerprint density at radius 3 is 2.68 bits per heavy atom. The number of ether oxygens (including phenoxy) is 2. The first-order valence-electron chi connectivity index (χ1n) is 5.99. The maximum atomic E-state index is 10.3. The van der Waals surface area contributed by atoms with Crippen LogP contribution in [-0.4, -0.2) is 18.1 Å². The Hall–Kier alpha value is -1.31. The van der Waals surface area contributed by atoms with E-state index >= 15 is 0 Å². The van der Waals surface area contributed by atoms with E-state index in [9.17, 15) is 10.1 Å². The zero-order valence-corrected chi connectivity index (χ0v) is 13.0. The predicted octanol–water partition coefficient (Wildman–Crippen LogP) is 3.73. The van der Waals surface area contributed by atoms with Gasteiger partial charge in [0.05, 0.1) is 21.7 Å². The lowest BCUT2D eigenvalue weighted by atomic mass is 10.2. The van der Waals surface area contributed by atoms with Gasteiger partial charge in [-0.25, -0.2) is 0 Å². The summed E-state index contributed by atoms with van der Waals surface area (Å²) in [4.78, 5) is 9.85. The molecule has 0 radical (unpaired) electrons. The first-order valence-corrected chi connectivity index (χ1v) is 7.07. The monoisotopic (exact) mass is 377 g/mol. The van der Waals surface area contributed by atoms with Crippen LogP contribution in [-0.2, 0) is 0 Å². The Bertz CT molecular complexity index is 474. The summed E-state index contributed by atoms with van der Waals surface area (Å²) in [6.45, 7) is 5.04. The van der Waals surface area contributed by atoms with E-state index in [4.69, 9.17) is 9.47 Å². The zero-order valence-electron chi connectivity index (χ0n) is 10.9. The molecule has 0 atom stereocenters. The maximum Gasteiger partial charge on any atom is 0.235 e. The molecule has 0 aliphatic carbocycles. The van der Waals surface area contributed by atoms with E-state index in [0.717, 1.165) is 16.2 Å². The van der Waals surface area contributed by atoms with Crippen LogP contribution in [0.2, 0.25) is 0 Å². The van der Waals surface area contributed by atoms with Crippen molar-refractivity contribution in [1.82, 2.24) is 0 Å². The van der Waals surface area contributed by atoms with Gasteiger partial charge >= 0.3 is 0 Å². The first-order chi connectivity index (χ1) is 9.08. The third-order valence-electron chi connectivity index (χ3n) is 2.17. The minimum absolute atomic E-state index is 0.491. The van der Waals surface area contributed by atoms with Gasteiger partial charge < -0.3 is 9.47 Å². The van der Waals surface area contributed by atoms with Crippen molar-refractivity contribution in [2.24, 2.45) is 0 Å². The Balaban J connectivity index is 3.08. The molecule has 0 heterocycles. The van der Waals surface area contributed by atoms with Crippen molar-refractivity contribution < 1.29 is 14.4 Å². The summed E-state index contributed by atoms with van der Waals surface area (Å²) in [6, 6.07) is 3.57. The molecule has 0 bridgehead atoms. The normalized spacial score (nSPS) is 10.7. The van der Waals surface area contributed by atoms with Crippen LogP contribution in [0.4, 0.5) is 0 Å². The van der Waals surface area contributed by atoms with Crippen LogP contribution in [0.3, 0.4) is 0 Å². The maximum absolute atomic E-state index is 10.3. The van der Waals surface area contributed by atoms with Crippen LogP contribution < -0.4 is 9.47 Å². The molecule has 0 spiro atoms. The molecule has 0 saturated heterocycles. The lowest BCUT2D eigenvalue weighted by molar-refractivity contribution is -0.400. The smallest absolute Gasteiger partial charge is 0.235 e. The minimum Gasteiger partial charge on any atom is -0.490 e. The summed E-state index contributed by atoms with van der Waals surface area (Å²) in [5, 5.41) is 10.3. The van der Waals surface area contributed by atoms with Gasteiger partial charge in [-0.15, -0.1) is 0 Å². The molecule has 104 valence electrons. The van der Waals surface area contributed by atoms with Crippen LogP contribution >= 0.6 is 22.6 Å². The fraction of sp³-hybridized carbons (Fsp3) is 0.385. The summed E-state index contributed by atoms with van der Waals surface area (Å²) >= 11 is 2.14. The Morgan fingerprint density at radius 1 is 1.37 bits per heavy atom. The average Bonchev–Trinajstić information content (AvgIpc) is 2.36. The van der Waals surface area contributed by atoms with E-state index in [2.05, 4.69) is 22.6 Å². The van der Waals surface area contributed by atoms with Crippen molar-refractivity contribution >= 4 is 28.7 Å². The SMILES string of the molecule is CCCOc1c(I)cc(/C=C\[N+](=O)[O-])cc1OCC. The summed E-state index contributed by atoms with van der Waals surface area (Å²) in [6.07, 6.45) is 3.26. The van der Waals surface area contributed by atoms with E-state index in [1.807, 2.05) is 19.9 Å². The second-order valence-corrected chi connectivity index (χ2v) is 4.87. The third-order valence-corrected chi connectivity index (χ3v) is 2.97. The average molecular weight is 377 g/mol. The van der Waals surface area contributed by atoms with E-state index in [1.54, 1.807) is 6.07 Å². The van der Waals surface area contributed by atoms with Gasteiger partial charge in [-0.3, -0.25) is 10.1 Å². The highest BCUT2D eigenvalue weighted by molar-refractivity contribution is 14.1. The molecule has 0 unspecified atom stereocenters.